The minimum atomic E-state index is 0.517. The van der Waals surface area contributed by atoms with Crippen LogP contribution in [0.2, 0.25) is 0 Å². The van der Waals surface area contributed by atoms with Gasteiger partial charge in [-0.3, -0.25) is 0 Å². The van der Waals surface area contributed by atoms with Crippen LogP contribution >= 0.6 is 15.9 Å². The molecule has 2 aromatic rings. The second kappa shape index (κ2) is 6.21. The highest BCUT2D eigenvalue weighted by Crippen LogP contribution is 2.18. The normalized spacial score (nSPS) is 10.7. The van der Waals surface area contributed by atoms with E-state index in [0.29, 0.717) is 6.61 Å². The lowest BCUT2D eigenvalue weighted by molar-refractivity contribution is 0.306. The second-order valence-electron chi connectivity index (χ2n) is 3.73. The molecule has 0 atom stereocenters. The molecule has 3 nitrogen and oxygen atoms in total. The zero-order chi connectivity index (χ0) is 12.8. The monoisotopic (exact) mass is 304 g/mol. The molecule has 0 heterocycles. The molecule has 4 heteroatoms. The minimum absolute atomic E-state index is 0.517. The molecule has 0 aliphatic heterocycles. The number of hydrogen-bond acceptors (Lipinski definition) is 3. The van der Waals surface area contributed by atoms with E-state index in [1.165, 1.54) is 0 Å². The average Bonchev–Trinajstić information content (AvgIpc) is 2.40. The molecule has 0 amide bonds. The third-order valence-electron chi connectivity index (χ3n) is 2.44. The summed E-state index contributed by atoms with van der Waals surface area (Å²) in [6, 6.07) is 15.7. The smallest absolute Gasteiger partial charge is 0.128 e. The SMILES string of the molecule is NN=Cc1ccccc1OCc1ccc(Br)cc1. The molecule has 0 radical (unpaired) electrons. The summed E-state index contributed by atoms with van der Waals surface area (Å²) in [7, 11) is 0. The molecular weight excluding hydrogens is 292 g/mol. The molecule has 0 saturated carbocycles. The third-order valence-corrected chi connectivity index (χ3v) is 2.97. The van der Waals surface area contributed by atoms with Gasteiger partial charge in [0.05, 0.1) is 6.21 Å². The van der Waals surface area contributed by atoms with E-state index in [4.69, 9.17) is 10.6 Å². The zero-order valence-electron chi connectivity index (χ0n) is 9.71. The summed E-state index contributed by atoms with van der Waals surface area (Å²) in [6.45, 7) is 0.517. The van der Waals surface area contributed by atoms with E-state index < -0.39 is 0 Å². The molecule has 92 valence electrons. The van der Waals surface area contributed by atoms with Gasteiger partial charge in [-0.15, -0.1) is 0 Å². The fraction of sp³-hybridized carbons (Fsp3) is 0.0714. The molecular formula is C14H13BrN2O. The molecule has 0 spiro atoms. The molecule has 2 rings (SSSR count). The highest BCUT2D eigenvalue weighted by Gasteiger charge is 2.01. The van der Waals surface area contributed by atoms with Crippen LogP contribution in [0, 0.1) is 0 Å². The van der Waals surface area contributed by atoms with Crippen LogP contribution in [0.4, 0.5) is 0 Å². The maximum absolute atomic E-state index is 5.75. The molecule has 2 N–H and O–H groups in total. The number of ether oxygens (including phenoxy) is 1. The van der Waals surface area contributed by atoms with Gasteiger partial charge in [0.15, 0.2) is 0 Å². The summed E-state index contributed by atoms with van der Waals surface area (Å²) in [5, 5.41) is 3.52. The van der Waals surface area contributed by atoms with Crippen molar-refractivity contribution in [2.45, 2.75) is 6.61 Å². The number of hydrazone groups is 1. The van der Waals surface area contributed by atoms with Gasteiger partial charge >= 0.3 is 0 Å². The van der Waals surface area contributed by atoms with Gasteiger partial charge in [-0.1, -0.05) is 40.2 Å². The Balaban J connectivity index is 2.08. The van der Waals surface area contributed by atoms with Crippen LogP contribution in [0.3, 0.4) is 0 Å². The van der Waals surface area contributed by atoms with Gasteiger partial charge in [-0.05, 0) is 29.8 Å². The van der Waals surface area contributed by atoms with E-state index in [9.17, 15) is 0 Å². The number of benzene rings is 2. The molecule has 2 aromatic carbocycles. The molecule has 0 bridgehead atoms. The van der Waals surface area contributed by atoms with Crippen molar-refractivity contribution >= 4 is 22.1 Å². The standard InChI is InChI=1S/C14H13BrN2O/c15-13-7-5-11(6-8-13)10-18-14-4-2-1-3-12(14)9-17-16/h1-9H,10,16H2. The van der Waals surface area contributed by atoms with Gasteiger partial charge in [0.2, 0.25) is 0 Å². The van der Waals surface area contributed by atoms with Crippen LogP contribution in [-0.2, 0) is 6.61 Å². The van der Waals surface area contributed by atoms with Crippen molar-refractivity contribution in [1.29, 1.82) is 0 Å². The maximum atomic E-state index is 5.75. The minimum Gasteiger partial charge on any atom is -0.488 e. The van der Waals surface area contributed by atoms with Gasteiger partial charge in [-0.2, -0.15) is 5.10 Å². The largest absolute Gasteiger partial charge is 0.488 e. The fourth-order valence-corrected chi connectivity index (χ4v) is 1.80. The van der Waals surface area contributed by atoms with Gasteiger partial charge in [0.25, 0.3) is 0 Å². The van der Waals surface area contributed by atoms with Gasteiger partial charge in [-0.25, -0.2) is 0 Å². The average molecular weight is 305 g/mol. The van der Waals surface area contributed by atoms with E-state index in [1.807, 2.05) is 48.5 Å². The third kappa shape index (κ3) is 3.34. The lowest BCUT2D eigenvalue weighted by Gasteiger charge is -2.08. The van der Waals surface area contributed by atoms with E-state index >= 15 is 0 Å². The first-order chi connectivity index (χ1) is 8.79. The molecule has 0 aliphatic carbocycles. The van der Waals surface area contributed by atoms with Crippen molar-refractivity contribution in [1.82, 2.24) is 0 Å². The Morgan fingerprint density at radius 3 is 2.56 bits per heavy atom. The summed E-state index contributed by atoms with van der Waals surface area (Å²) in [5.41, 5.74) is 1.98. The second-order valence-corrected chi connectivity index (χ2v) is 4.65. The summed E-state index contributed by atoms with van der Waals surface area (Å²) >= 11 is 3.40. The quantitative estimate of drug-likeness (QED) is 0.535. The predicted molar refractivity (Wildman–Crippen MR) is 76.7 cm³/mol. The van der Waals surface area contributed by atoms with Gasteiger partial charge in [0.1, 0.15) is 12.4 Å². The molecule has 0 saturated heterocycles. The van der Waals surface area contributed by atoms with Crippen molar-refractivity contribution in [3.8, 4) is 5.75 Å². The number of halogens is 1. The van der Waals surface area contributed by atoms with Gasteiger partial charge < -0.3 is 10.6 Å². The Morgan fingerprint density at radius 1 is 1.11 bits per heavy atom. The number of nitrogens with two attached hydrogens (primary N) is 1. The van der Waals surface area contributed by atoms with E-state index in [-0.39, 0.29) is 0 Å². The molecule has 0 fully saturated rings. The van der Waals surface area contributed by atoms with E-state index in [0.717, 1.165) is 21.3 Å². The number of para-hydroxylation sites is 1. The molecule has 0 aliphatic rings. The number of rotatable bonds is 4. The topological polar surface area (TPSA) is 47.6 Å². The Morgan fingerprint density at radius 2 is 1.83 bits per heavy atom. The predicted octanol–water partition coefficient (Wildman–Crippen LogP) is 3.32. The van der Waals surface area contributed by atoms with E-state index in [1.54, 1.807) is 6.21 Å². The lowest BCUT2D eigenvalue weighted by Crippen LogP contribution is -1.98. The Hall–Kier alpha value is -1.81. The van der Waals surface area contributed by atoms with Crippen LogP contribution in [0.25, 0.3) is 0 Å². The summed E-state index contributed by atoms with van der Waals surface area (Å²) in [6.07, 6.45) is 1.58. The molecule has 0 unspecified atom stereocenters. The van der Waals surface area contributed by atoms with Crippen molar-refractivity contribution in [2.75, 3.05) is 0 Å². The van der Waals surface area contributed by atoms with Crippen molar-refractivity contribution < 1.29 is 4.74 Å². The first-order valence-corrected chi connectivity index (χ1v) is 6.28. The highest BCUT2D eigenvalue weighted by atomic mass is 79.9. The zero-order valence-corrected chi connectivity index (χ0v) is 11.3. The summed E-state index contributed by atoms with van der Waals surface area (Å²) in [5.74, 6) is 5.93. The van der Waals surface area contributed by atoms with Crippen molar-refractivity contribution in [3.63, 3.8) is 0 Å². The molecule has 0 aromatic heterocycles. The Kier molecular flexibility index (Phi) is 4.36. The van der Waals surface area contributed by atoms with Crippen molar-refractivity contribution in [3.05, 3.63) is 64.1 Å². The Bertz CT molecular complexity index is 538. The van der Waals surface area contributed by atoms with Gasteiger partial charge in [0, 0.05) is 10.0 Å². The maximum Gasteiger partial charge on any atom is 0.128 e. The van der Waals surface area contributed by atoms with Crippen LogP contribution in [-0.4, -0.2) is 6.21 Å². The van der Waals surface area contributed by atoms with E-state index in [2.05, 4.69) is 21.0 Å². The lowest BCUT2D eigenvalue weighted by atomic mass is 10.2. The first-order valence-electron chi connectivity index (χ1n) is 5.49. The highest BCUT2D eigenvalue weighted by molar-refractivity contribution is 9.10. The van der Waals surface area contributed by atoms with Crippen LogP contribution < -0.4 is 10.6 Å². The Labute approximate surface area is 114 Å². The number of nitrogens with zero attached hydrogens (tertiary/aromatic N) is 1. The molecule has 18 heavy (non-hydrogen) atoms. The summed E-state index contributed by atoms with van der Waals surface area (Å²) in [4.78, 5) is 0. The summed E-state index contributed by atoms with van der Waals surface area (Å²) < 4.78 is 6.81. The first kappa shape index (κ1) is 12.6. The van der Waals surface area contributed by atoms with Crippen LogP contribution in [0.1, 0.15) is 11.1 Å². The van der Waals surface area contributed by atoms with Crippen molar-refractivity contribution in [2.24, 2.45) is 10.9 Å². The van der Waals surface area contributed by atoms with Crippen LogP contribution in [0.5, 0.6) is 5.75 Å². The fourth-order valence-electron chi connectivity index (χ4n) is 1.54. The van der Waals surface area contributed by atoms with Crippen LogP contribution in [0.15, 0.2) is 58.1 Å². The number of hydrogen-bond donors (Lipinski definition) is 1.